The van der Waals surface area contributed by atoms with E-state index in [4.69, 9.17) is 34.5 Å². The molecule has 0 saturated carbocycles. The highest BCUT2D eigenvalue weighted by atomic mass is 35.5. The number of benzene rings is 4. The van der Waals surface area contributed by atoms with E-state index in [-0.39, 0.29) is 11.9 Å². The molecule has 236 valence electrons. The van der Waals surface area contributed by atoms with Gasteiger partial charge in [-0.25, -0.2) is 0 Å². The average Bonchev–Trinajstić information content (AvgIpc) is 3.60. The minimum atomic E-state index is 0.146. The van der Waals surface area contributed by atoms with E-state index in [0.29, 0.717) is 28.0 Å². The van der Waals surface area contributed by atoms with Crippen molar-refractivity contribution in [2.24, 2.45) is 0 Å². The van der Waals surface area contributed by atoms with Crippen molar-refractivity contribution in [2.75, 3.05) is 22.9 Å². The molecule has 0 aliphatic rings. The van der Waals surface area contributed by atoms with E-state index in [2.05, 4.69) is 86.7 Å². The zero-order chi connectivity index (χ0) is 33.2. The summed E-state index contributed by atoms with van der Waals surface area (Å²) >= 11 is 12.0. The van der Waals surface area contributed by atoms with Crippen LogP contribution in [-0.4, -0.2) is 29.9 Å². The molecular weight excluding hydrogens is 648 g/mol. The Labute approximate surface area is 284 Å². The highest BCUT2D eigenvalue weighted by Crippen LogP contribution is 2.39. The molecule has 10 N–H and O–H groups in total. The molecule has 0 unspecified atom stereocenters. The Morgan fingerprint density at radius 1 is 0.596 bits per heavy atom. The summed E-state index contributed by atoms with van der Waals surface area (Å²) in [6.45, 7) is 4.14. The van der Waals surface area contributed by atoms with Gasteiger partial charge in [-0.05, 0) is 62.4 Å². The second-order valence-electron chi connectivity index (χ2n) is 10.7. The van der Waals surface area contributed by atoms with Crippen LogP contribution in [0.25, 0.3) is 43.9 Å². The number of nitrogens with zero attached hydrogens (tertiary/aromatic N) is 4. The highest BCUT2D eigenvalue weighted by molar-refractivity contribution is 7.99. The second-order valence-corrected chi connectivity index (χ2v) is 12.8. The summed E-state index contributed by atoms with van der Waals surface area (Å²) in [6, 6.07) is 28.2. The van der Waals surface area contributed by atoms with E-state index in [1.54, 1.807) is 17.8 Å². The van der Waals surface area contributed by atoms with Gasteiger partial charge in [-0.2, -0.15) is 19.9 Å². The number of halogens is 1. The van der Waals surface area contributed by atoms with Crippen LogP contribution in [0.1, 0.15) is 11.1 Å². The van der Waals surface area contributed by atoms with Crippen molar-refractivity contribution in [3.05, 3.63) is 101 Å². The molecule has 0 radical (unpaired) electrons. The number of anilines is 4. The fourth-order valence-electron chi connectivity index (χ4n) is 5.06. The van der Waals surface area contributed by atoms with Crippen molar-refractivity contribution in [1.82, 2.24) is 29.9 Å². The number of hydrogen-bond donors (Lipinski definition) is 7. The summed E-state index contributed by atoms with van der Waals surface area (Å²) in [5.74, 6) is 1.06. The first-order valence-electron chi connectivity index (χ1n) is 14.4. The van der Waals surface area contributed by atoms with Crippen LogP contribution >= 0.6 is 36.0 Å². The van der Waals surface area contributed by atoms with Crippen molar-refractivity contribution in [1.29, 1.82) is 0 Å². The molecule has 10 nitrogen and oxygen atoms in total. The molecule has 4 aromatic heterocycles. The van der Waals surface area contributed by atoms with Gasteiger partial charge in [-0.3, -0.25) is 0 Å². The lowest BCUT2D eigenvalue weighted by atomic mass is 10.2. The normalized spacial score (nSPS) is 11.0. The molecule has 0 aliphatic heterocycles. The van der Waals surface area contributed by atoms with Gasteiger partial charge in [0.25, 0.3) is 0 Å². The summed E-state index contributed by atoms with van der Waals surface area (Å²) in [6.07, 6.45) is 0. The van der Waals surface area contributed by atoms with Crippen LogP contribution in [0.5, 0.6) is 0 Å². The number of aryl methyl sites for hydroxylation is 2. The number of hydrogen-bond acceptors (Lipinski definition) is 10. The number of nitrogens with one attached hydrogen (secondary N) is 2. The molecule has 8 rings (SSSR count). The third-order valence-corrected chi connectivity index (χ3v) is 8.92. The quantitative estimate of drug-likeness (QED) is 0.0890. The zero-order valence-corrected chi connectivity index (χ0v) is 27.9. The van der Waals surface area contributed by atoms with Crippen molar-refractivity contribution >= 4 is 103 Å². The van der Waals surface area contributed by atoms with Crippen LogP contribution in [0, 0.1) is 13.8 Å². The Morgan fingerprint density at radius 2 is 1.09 bits per heavy atom. The molecule has 0 spiro atoms. The maximum absolute atomic E-state index is 6.13. The second kappa shape index (κ2) is 13.3. The standard InChI is InChI=1S/C17H15N5S.C10H8ClN5.C7H8S/c1-9-5-7-10(8-6-9)23-12-4-2-3-11-13(12)14-15(18)21-17(19)22-16(14)20-11;11-4-2-1-3-5-6(4)7-8(12)15-10(13)16-9(7)14-5;1-6-2-4-7(8)5-3-6/h2-8H,1H3,(H5,18,19,20,21,22);1-3H,(H5,12,13,14,15,16);2-5,8H,1H3. The molecule has 4 heterocycles. The van der Waals surface area contributed by atoms with Crippen molar-refractivity contribution < 1.29 is 0 Å². The minimum Gasteiger partial charge on any atom is -0.383 e. The van der Waals surface area contributed by atoms with Gasteiger partial charge in [0.15, 0.2) is 0 Å². The number of rotatable bonds is 2. The van der Waals surface area contributed by atoms with Crippen LogP contribution in [-0.2, 0) is 0 Å². The van der Waals surface area contributed by atoms with Crippen LogP contribution in [0.15, 0.2) is 99.6 Å². The molecule has 0 aliphatic carbocycles. The van der Waals surface area contributed by atoms with Gasteiger partial charge in [0.2, 0.25) is 11.9 Å². The predicted octanol–water partition coefficient (Wildman–Crippen LogP) is 7.95. The highest BCUT2D eigenvalue weighted by Gasteiger charge is 2.15. The van der Waals surface area contributed by atoms with Crippen molar-refractivity contribution in [3.8, 4) is 0 Å². The molecule has 8 aromatic rings. The summed E-state index contributed by atoms with van der Waals surface area (Å²) < 4.78 is 0. The monoisotopic (exact) mass is 678 g/mol. The van der Waals surface area contributed by atoms with Gasteiger partial charge in [0.1, 0.15) is 22.9 Å². The number of H-pyrrole nitrogens is 2. The largest absolute Gasteiger partial charge is 0.383 e. The van der Waals surface area contributed by atoms with E-state index < -0.39 is 0 Å². The Bertz CT molecular complexity index is 2350. The number of aromatic nitrogens is 6. The number of nitrogens with two attached hydrogens (primary N) is 4. The maximum Gasteiger partial charge on any atom is 0.223 e. The van der Waals surface area contributed by atoms with E-state index in [1.807, 2.05) is 48.5 Å². The van der Waals surface area contributed by atoms with Gasteiger partial charge < -0.3 is 32.9 Å². The number of nitrogen functional groups attached to an aromatic ring is 4. The Kier molecular flexibility index (Phi) is 8.99. The lowest BCUT2D eigenvalue weighted by Gasteiger charge is -2.05. The fraction of sp³-hybridized carbons (Fsp3) is 0.0588. The first kappa shape index (κ1) is 31.8. The Balaban J connectivity index is 0.000000139. The predicted molar refractivity (Wildman–Crippen MR) is 199 cm³/mol. The molecule has 0 bridgehead atoms. The summed E-state index contributed by atoms with van der Waals surface area (Å²) in [5, 5.41) is 4.02. The smallest absolute Gasteiger partial charge is 0.223 e. The van der Waals surface area contributed by atoms with Crippen LogP contribution in [0.4, 0.5) is 23.5 Å². The average molecular weight is 679 g/mol. The SMILES string of the molecule is Cc1ccc(S)cc1.Cc1ccc(Sc2cccc3[nH]c4nc(N)nc(N)c4c23)cc1.Nc1nc(N)c2c(n1)[nH]c1cccc(Cl)c12. The Morgan fingerprint density at radius 3 is 1.64 bits per heavy atom. The third kappa shape index (κ3) is 6.85. The molecule has 0 saturated heterocycles. The zero-order valence-electron chi connectivity index (χ0n) is 25.4. The van der Waals surface area contributed by atoms with E-state index in [9.17, 15) is 0 Å². The fourth-order valence-corrected chi connectivity index (χ4v) is 6.46. The lowest BCUT2D eigenvalue weighted by molar-refractivity contribution is 1.23. The molecular formula is C34H31ClN10S2. The van der Waals surface area contributed by atoms with Crippen molar-refractivity contribution in [2.45, 2.75) is 28.5 Å². The molecule has 4 aromatic carbocycles. The first-order chi connectivity index (χ1) is 22.6. The molecule has 0 amide bonds. The molecule has 47 heavy (non-hydrogen) atoms. The maximum atomic E-state index is 6.13. The van der Waals surface area contributed by atoms with Crippen LogP contribution in [0.3, 0.4) is 0 Å². The molecule has 0 fully saturated rings. The molecule has 13 heteroatoms. The summed E-state index contributed by atoms with van der Waals surface area (Å²) in [7, 11) is 0. The summed E-state index contributed by atoms with van der Waals surface area (Å²) in [5.41, 5.74) is 28.8. The van der Waals surface area contributed by atoms with Crippen molar-refractivity contribution in [3.63, 3.8) is 0 Å². The van der Waals surface area contributed by atoms with Gasteiger partial charge >= 0.3 is 0 Å². The molecule has 0 atom stereocenters. The number of thiol groups is 1. The third-order valence-electron chi connectivity index (χ3n) is 7.24. The lowest BCUT2D eigenvalue weighted by Crippen LogP contribution is -1.99. The van der Waals surface area contributed by atoms with E-state index >= 15 is 0 Å². The minimum absolute atomic E-state index is 0.146. The van der Waals surface area contributed by atoms with Gasteiger partial charge in [-0.15, -0.1) is 12.6 Å². The van der Waals surface area contributed by atoms with Crippen LogP contribution in [0.2, 0.25) is 5.02 Å². The van der Waals surface area contributed by atoms with Gasteiger partial charge in [0.05, 0.1) is 15.8 Å². The van der Waals surface area contributed by atoms with E-state index in [0.717, 1.165) is 42.4 Å². The first-order valence-corrected chi connectivity index (χ1v) is 16.0. The van der Waals surface area contributed by atoms with Gasteiger partial charge in [-0.1, -0.05) is 70.9 Å². The summed E-state index contributed by atoms with van der Waals surface area (Å²) in [4.78, 5) is 26.1. The topological polar surface area (TPSA) is 187 Å². The number of fused-ring (bicyclic) bond motifs is 6. The Hall–Kier alpha value is -5.17. The number of aromatic amines is 2. The van der Waals surface area contributed by atoms with E-state index in [1.165, 1.54) is 16.0 Å². The van der Waals surface area contributed by atoms with Gasteiger partial charge in [0, 0.05) is 36.5 Å². The van der Waals surface area contributed by atoms with Crippen LogP contribution < -0.4 is 22.9 Å².